The van der Waals surface area contributed by atoms with Crippen molar-refractivity contribution in [3.05, 3.63) is 203 Å². The summed E-state index contributed by atoms with van der Waals surface area (Å²) in [4.78, 5) is 13.9. The van der Waals surface area contributed by atoms with Gasteiger partial charge < -0.3 is 19.1 Å². The summed E-state index contributed by atoms with van der Waals surface area (Å²) in [6.45, 7) is 30.7. The van der Waals surface area contributed by atoms with Crippen LogP contribution < -0.4 is 14.5 Å². The molecule has 1 aliphatic carbocycles. The number of fused-ring (bicyclic) bond motifs is 12. The fourth-order valence-corrected chi connectivity index (χ4v) is 11.6. The van der Waals surface area contributed by atoms with E-state index >= 15 is 0 Å². The first-order valence-corrected chi connectivity index (χ1v) is 24.7. The molecular formula is C64H60N5OPt-3. The van der Waals surface area contributed by atoms with E-state index in [2.05, 4.69) is 218 Å². The maximum Gasteiger partial charge on any atom is 0.135 e. The maximum absolute atomic E-state index is 6.99. The zero-order chi connectivity index (χ0) is 48.9. The van der Waals surface area contributed by atoms with Crippen LogP contribution in [0.2, 0.25) is 0 Å². The summed E-state index contributed by atoms with van der Waals surface area (Å²) >= 11 is 0. The minimum absolute atomic E-state index is 0. The number of ether oxygens (including phenoxy) is 1. The molecule has 12 rings (SSSR count). The van der Waals surface area contributed by atoms with Gasteiger partial charge in [0, 0.05) is 79.1 Å². The van der Waals surface area contributed by atoms with Crippen LogP contribution in [0.5, 0.6) is 11.5 Å². The number of rotatable bonds is 4. The van der Waals surface area contributed by atoms with Crippen LogP contribution >= 0.6 is 0 Å². The Morgan fingerprint density at radius 2 is 1.17 bits per heavy atom. The van der Waals surface area contributed by atoms with Gasteiger partial charge in [-0.1, -0.05) is 155 Å². The normalized spacial score (nSPS) is 14.6. The van der Waals surface area contributed by atoms with Gasteiger partial charge in [-0.25, -0.2) is 4.98 Å². The summed E-state index contributed by atoms with van der Waals surface area (Å²) in [7, 11) is 0. The SMILES string of the molecule is CC(C)(C)c1cc2c(c(C(C)(C)C)c1)C1(c3ccc(Oc4[c-]c5c(cc4)c4ccccc4n5-c4ccccn4)[c-]c3N3[CH-]N(c4ccncc4)c4cccc1c43)c1c-2cc(C(C)(C)C)cc1C(C)(C)C.[Pt]. The van der Waals surface area contributed by atoms with Gasteiger partial charge in [0.2, 0.25) is 0 Å². The van der Waals surface area contributed by atoms with Gasteiger partial charge >= 0.3 is 0 Å². The Labute approximate surface area is 434 Å². The van der Waals surface area contributed by atoms with E-state index in [-0.39, 0.29) is 42.7 Å². The molecule has 71 heavy (non-hydrogen) atoms. The number of anilines is 4. The molecule has 6 aromatic carbocycles. The molecule has 3 aliphatic rings. The molecule has 0 N–H and O–H groups in total. The second kappa shape index (κ2) is 16.0. The van der Waals surface area contributed by atoms with Crippen LogP contribution in [-0.4, -0.2) is 14.5 Å². The molecule has 0 saturated carbocycles. The largest absolute Gasteiger partial charge is 0.509 e. The van der Waals surface area contributed by atoms with Crippen molar-refractivity contribution in [2.45, 2.75) is 110 Å². The number of hydrogen-bond donors (Lipinski definition) is 0. The third-order valence-corrected chi connectivity index (χ3v) is 15.0. The molecule has 6 nitrogen and oxygen atoms in total. The first-order valence-electron chi connectivity index (χ1n) is 24.7. The molecule has 2 aliphatic heterocycles. The number of aromatic nitrogens is 3. The van der Waals surface area contributed by atoms with E-state index in [9.17, 15) is 0 Å². The van der Waals surface area contributed by atoms with Crippen molar-refractivity contribution in [1.82, 2.24) is 14.5 Å². The van der Waals surface area contributed by atoms with Crippen LogP contribution in [0.15, 0.2) is 140 Å². The molecule has 0 saturated heterocycles. The molecule has 360 valence electrons. The average Bonchev–Trinajstić information content (AvgIpc) is 3.97. The standard InChI is InChI=1S/C64H60N5O.Pt/c1-60(2,3)39-32-46-47-33-40(61(4,5)6)35-51(63(10,11)12)58(47)64(57(46)50(34-39)62(7,8)9)48-26-24-43(37-55(48)68-38-67(41-27-30-65-31-28-41)53-21-17-19-49(64)59(53)68)70-42-23-25-45-44-18-13-14-20-52(44)69(54(45)36-42)56-22-15-16-29-66-56;/h13-35,38H,1-12H3;/q-3;. The monoisotopic (exact) mass is 1110 g/mol. The van der Waals surface area contributed by atoms with Gasteiger partial charge in [0.1, 0.15) is 5.82 Å². The Bertz CT molecular complexity index is 3520. The van der Waals surface area contributed by atoms with Gasteiger partial charge in [-0.2, -0.15) is 12.1 Å². The van der Waals surface area contributed by atoms with Gasteiger partial charge in [0.25, 0.3) is 0 Å². The van der Waals surface area contributed by atoms with Gasteiger partial charge in [-0.05, 0) is 114 Å². The Balaban J connectivity index is 0.00000547. The quantitative estimate of drug-likeness (QED) is 0.164. The van der Waals surface area contributed by atoms with E-state index in [1.165, 1.54) is 55.6 Å². The second-order valence-electron chi connectivity index (χ2n) is 23.7. The topological polar surface area (TPSA) is 46.4 Å². The number of nitrogens with zero attached hydrogens (tertiary/aromatic N) is 5. The van der Waals surface area contributed by atoms with Crippen LogP contribution in [0.25, 0.3) is 38.8 Å². The Morgan fingerprint density at radius 3 is 1.79 bits per heavy atom. The smallest absolute Gasteiger partial charge is 0.135 e. The summed E-state index contributed by atoms with van der Waals surface area (Å²) in [5.41, 5.74) is 18.1. The van der Waals surface area contributed by atoms with Gasteiger partial charge in [0.15, 0.2) is 0 Å². The first kappa shape index (κ1) is 46.9. The predicted molar refractivity (Wildman–Crippen MR) is 288 cm³/mol. The van der Waals surface area contributed by atoms with E-state index in [0.29, 0.717) is 11.5 Å². The summed E-state index contributed by atoms with van der Waals surface area (Å²) in [5.74, 6) is 2.04. The molecule has 9 aromatic rings. The number of para-hydroxylation sites is 2. The van der Waals surface area contributed by atoms with E-state index in [0.717, 1.165) is 50.4 Å². The average molecular weight is 1110 g/mol. The van der Waals surface area contributed by atoms with Crippen molar-refractivity contribution in [1.29, 1.82) is 0 Å². The second-order valence-corrected chi connectivity index (χ2v) is 23.7. The van der Waals surface area contributed by atoms with Crippen LogP contribution in [0, 0.1) is 18.8 Å². The summed E-state index contributed by atoms with van der Waals surface area (Å²) in [5, 5.41) is 2.23. The number of hydrogen-bond acceptors (Lipinski definition) is 5. The van der Waals surface area contributed by atoms with Gasteiger partial charge in [-0.15, -0.1) is 41.9 Å². The van der Waals surface area contributed by atoms with Crippen LogP contribution in [0.3, 0.4) is 0 Å². The van der Waals surface area contributed by atoms with E-state index in [1.807, 2.05) is 42.9 Å². The third-order valence-electron chi connectivity index (χ3n) is 15.0. The van der Waals surface area contributed by atoms with Crippen molar-refractivity contribution < 1.29 is 25.8 Å². The molecule has 0 bridgehead atoms. The van der Waals surface area contributed by atoms with E-state index in [4.69, 9.17) is 9.72 Å². The molecule has 0 radical (unpaired) electrons. The minimum Gasteiger partial charge on any atom is -0.509 e. The van der Waals surface area contributed by atoms with Gasteiger partial charge in [-0.3, -0.25) is 4.98 Å². The predicted octanol–water partition coefficient (Wildman–Crippen LogP) is 16.2. The Morgan fingerprint density at radius 1 is 0.549 bits per heavy atom. The zero-order valence-corrected chi connectivity index (χ0v) is 45.1. The molecule has 7 heteroatoms. The summed E-state index contributed by atoms with van der Waals surface area (Å²) in [6.07, 6.45) is 5.58. The molecule has 0 atom stereocenters. The van der Waals surface area contributed by atoms with Crippen LogP contribution in [0.4, 0.5) is 22.7 Å². The molecule has 1 spiro atoms. The maximum atomic E-state index is 6.99. The van der Waals surface area contributed by atoms with Crippen molar-refractivity contribution in [2.24, 2.45) is 0 Å². The molecule has 5 heterocycles. The number of pyridine rings is 2. The van der Waals surface area contributed by atoms with Crippen LogP contribution in [0.1, 0.15) is 128 Å². The van der Waals surface area contributed by atoms with Crippen molar-refractivity contribution in [3.8, 4) is 28.4 Å². The Hall–Kier alpha value is -6.49. The molecule has 0 unspecified atom stereocenters. The zero-order valence-electron chi connectivity index (χ0n) is 42.8. The number of benzene rings is 6. The third kappa shape index (κ3) is 7.06. The molecule has 0 fully saturated rings. The Kier molecular flexibility index (Phi) is 10.6. The molecule has 3 aromatic heterocycles. The fraction of sp³-hybridized carbons (Fsp3) is 0.266. The molecule has 0 amide bonds. The van der Waals surface area contributed by atoms with Crippen LogP contribution in [-0.2, 0) is 48.1 Å². The molecular weight excluding hydrogens is 1050 g/mol. The fourth-order valence-electron chi connectivity index (χ4n) is 11.6. The van der Waals surface area contributed by atoms with Crippen molar-refractivity contribution in [2.75, 3.05) is 9.80 Å². The van der Waals surface area contributed by atoms with E-state index < -0.39 is 5.41 Å². The van der Waals surface area contributed by atoms with Crippen molar-refractivity contribution in [3.63, 3.8) is 0 Å². The van der Waals surface area contributed by atoms with E-state index in [1.54, 1.807) is 0 Å². The van der Waals surface area contributed by atoms with Gasteiger partial charge in [0.05, 0.1) is 0 Å². The first-order chi connectivity index (χ1) is 33.2. The summed E-state index contributed by atoms with van der Waals surface area (Å²) in [6, 6.07) is 52.1. The summed E-state index contributed by atoms with van der Waals surface area (Å²) < 4.78 is 9.17. The van der Waals surface area contributed by atoms with Crippen molar-refractivity contribution >= 4 is 44.6 Å². The minimum atomic E-state index is -0.730.